The van der Waals surface area contributed by atoms with Crippen molar-refractivity contribution >= 4 is 5.97 Å². The van der Waals surface area contributed by atoms with Crippen LogP contribution in [0.2, 0.25) is 0 Å². The van der Waals surface area contributed by atoms with Crippen LogP contribution >= 0.6 is 0 Å². The van der Waals surface area contributed by atoms with Crippen LogP contribution < -0.4 is 0 Å². The van der Waals surface area contributed by atoms with Crippen molar-refractivity contribution in [2.75, 3.05) is 0 Å². The van der Waals surface area contributed by atoms with Crippen molar-refractivity contribution in [2.45, 2.75) is 117 Å². The lowest BCUT2D eigenvalue weighted by atomic mass is 9.94. The van der Waals surface area contributed by atoms with Crippen LogP contribution in [0.25, 0.3) is 0 Å². The molecule has 0 aliphatic heterocycles. The number of carbonyl (C=O) groups is 1. The van der Waals surface area contributed by atoms with Gasteiger partial charge in [-0.05, 0) is 12.8 Å². The number of unbranched alkanes of at least 4 members (excludes halogenated alkanes) is 12. The lowest BCUT2D eigenvalue weighted by Crippen LogP contribution is -2.13. The Bertz CT molecular complexity index is 238. The van der Waals surface area contributed by atoms with E-state index in [1.54, 1.807) is 0 Å². The molecule has 0 radical (unpaired) electrons. The Morgan fingerprint density at radius 1 is 0.636 bits per heavy atom. The van der Waals surface area contributed by atoms with Gasteiger partial charge in [-0.3, -0.25) is 4.79 Å². The Kier molecular flexibility index (Phi) is 16.4. The zero-order valence-electron chi connectivity index (χ0n) is 15.2. The largest absolute Gasteiger partial charge is 0.481 e. The van der Waals surface area contributed by atoms with Crippen molar-refractivity contribution in [1.82, 2.24) is 0 Å². The topological polar surface area (TPSA) is 37.3 Å². The minimum absolute atomic E-state index is 0.0925. The predicted molar refractivity (Wildman–Crippen MR) is 96.3 cm³/mol. The van der Waals surface area contributed by atoms with Crippen LogP contribution in [0.15, 0.2) is 0 Å². The molecule has 1 unspecified atom stereocenters. The Morgan fingerprint density at radius 3 is 1.36 bits per heavy atom. The molecule has 0 heterocycles. The minimum Gasteiger partial charge on any atom is -0.481 e. The van der Waals surface area contributed by atoms with Gasteiger partial charge in [-0.2, -0.15) is 0 Å². The molecule has 0 aromatic carbocycles. The number of carboxylic acids is 1. The molecule has 0 aliphatic rings. The van der Waals surface area contributed by atoms with Gasteiger partial charge in [-0.1, -0.05) is 104 Å². The molecule has 22 heavy (non-hydrogen) atoms. The van der Waals surface area contributed by atoms with Crippen LogP contribution in [-0.2, 0) is 4.79 Å². The van der Waals surface area contributed by atoms with Gasteiger partial charge in [0.25, 0.3) is 0 Å². The zero-order chi connectivity index (χ0) is 16.5. The smallest absolute Gasteiger partial charge is 0.306 e. The van der Waals surface area contributed by atoms with Crippen LogP contribution in [0.5, 0.6) is 0 Å². The van der Waals surface area contributed by atoms with E-state index in [0.29, 0.717) is 0 Å². The Balaban J connectivity index is 3.36. The fourth-order valence-corrected chi connectivity index (χ4v) is 3.09. The second kappa shape index (κ2) is 16.8. The number of aliphatic carboxylic acids is 1. The van der Waals surface area contributed by atoms with Crippen LogP contribution in [0.4, 0.5) is 0 Å². The highest BCUT2D eigenvalue weighted by atomic mass is 16.4. The second-order valence-corrected chi connectivity index (χ2v) is 6.86. The molecule has 0 aliphatic carbocycles. The van der Waals surface area contributed by atoms with Gasteiger partial charge >= 0.3 is 5.97 Å². The molecule has 0 aromatic heterocycles. The fourth-order valence-electron chi connectivity index (χ4n) is 3.09. The van der Waals surface area contributed by atoms with E-state index < -0.39 is 5.97 Å². The molecular formula is C20H40O2. The summed E-state index contributed by atoms with van der Waals surface area (Å²) in [6.45, 7) is 4.43. The lowest BCUT2D eigenvalue weighted by Gasteiger charge is -2.11. The molecule has 1 atom stereocenters. The summed E-state index contributed by atoms with van der Waals surface area (Å²) in [6.07, 6.45) is 19.8. The van der Waals surface area contributed by atoms with Gasteiger partial charge in [0.15, 0.2) is 0 Å². The summed E-state index contributed by atoms with van der Waals surface area (Å²) < 4.78 is 0. The lowest BCUT2D eigenvalue weighted by molar-refractivity contribution is -0.142. The van der Waals surface area contributed by atoms with Gasteiger partial charge in [0.05, 0.1) is 5.92 Å². The quantitative estimate of drug-likeness (QED) is 0.294. The summed E-state index contributed by atoms with van der Waals surface area (Å²) in [5.74, 6) is -0.673. The van der Waals surface area contributed by atoms with Crippen molar-refractivity contribution < 1.29 is 9.90 Å². The summed E-state index contributed by atoms with van der Waals surface area (Å²) in [6, 6.07) is 0. The predicted octanol–water partition coefficient (Wildman–Crippen LogP) is 6.97. The van der Waals surface area contributed by atoms with E-state index >= 15 is 0 Å². The Hall–Kier alpha value is -0.530. The van der Waals surface area contributed by atoms with E-state index in [-0.39, 0.29) is 5.92 Å². The van der Waals surface area contributed by atoms with E-state index in [9.17, 15) is 9.90 Å². The van der Waals surface area contributed by atoms with Crippen molar-refractivity contribution in [3.63, 3.8) is 0 Å². The van der Waals surface area contributed by atoms with Crippen LogP contribution in [0.1, 0.15) is 117 Å². The first kappa shape index (κ1) is 21.5. The van der Waals surface area contributed by atoms with E-state index in [0.717, 1.165) is 25.7 Å². The molecule has 0 amide bonds. The minimum atomic E-state index is -0.580. The van der Waals surface area contributed by atoms with E-state index in [1.807, 2.05) is 0 Å². The average Bonchev–Trinajstić information content (AvgIpc) is 2.50. The number of hydrogen-bond donors (Lipinski definition) is 1. The summed E-state index contributed by atoms with van der Waals surface area (Å²) in [7, 11) is 0. The van der Waals surface area contributed by atoms with E-state index in [2.05, 4.69) is 13.8 Å². The van der Waals surface area contributed by atoms with Crippen molar-refractivity contribution in [1.29, 1.82) is 0 Å². The van der Waals surface area contributed by atoms with E-state index in [4.69, 9.17) is 0 Å². The Morgan fingerprint density at radius 2 is 0.955 bits per heavy atom. The SMILES string of the molecule is CCCCCCCCCCCCCC(CCCCC)C(=O)O. The van der Waals surface area contributed by atoms with Crippen LogP contribution in [-0.4, -0.2) is 11.1 Å². The molecular weight excluding hydrogens is 272 g/mol. The zero-order valence-corrected chi connectivity index (χ0v) is 15.2. The molecule has 0 saturated carbocycles. The maximum atomic E-state index is 11.2. The highest BCUT2D eigenvalue weighted by Crippen LogP contribution is 2.19. The maximum Gasteiger partial charge on any atom is 0.306 e. The molecule has 0 aromatic rings. The van der Waals surface area contributed by atoms with Crippen molar-refractivity contribution in [2.24, 2.45) is 5.92 Å². The van der Waals surface area contributed by atoms with Crippen molar-refractivity contribution in [3.8, 4) is 0 Å². The van der Waals surface area contributed by atoms with Crippen molar-refractivity contribution in [3.05, 3.63) is 0 Å². The molecule has 0 saturated heterocycles. The molecule has 132 valence electrons. The number of rotatable bonds is 17. The summed E-state index contributed by atoms with van der Waals surface area (Å²) in [4.78, 5) is 11.2. The van der Waals surface area contributed by atoms with Gasteiger partial charge in [0.1, 0.15) is 0 Å². The first-order chi connectivity index (χ1) is 10.7. The molecule has 0 spiro atoms. The third kappa shape index (κ3) is 14.4. The fraction of sp³-hybridized carbons (Fsp3) is 0.950. The third-order valence-corrected chi connectivity index (χ3v) is 4.66. The maximum absolute atomic E-state index is 11.2. The third-order valence-electron chi connectivity index (χ3n) is 4.66. The average molecular weight is 313 g/mol. The summed E-state index contributed by atoms with van der Waals surface area (Å²) in [5.41, 5.74) is 0. The number of carboxylic acid groups (broad SMARTS) is 1. The molecule has 2 nitrogen and oxygen atoms in total. The highest BCUT2D eigenvalue weighted by Gasteiger charge is 2.15. The molecule has 1 N–H and O–H groups in total. The normalized spacial score (nSPS) is 12.5. The summed E-state index contributed by atoms with van der Waals surface area (Å²) in [5, 5.41) is 9.23. The Labute approximate surface area is 139 Å². The van der Waals surface area contributed by atoms with Gasteiger partial charge < -0.3 is 5.11 Å². The van der Waals surface area contributed by atoms with E-state index in [1.165, 1.54) is 77.0 Å². The standard InChI is InChI=1S/C20H40O2/c1-3-5-7-8-9-10-11-12-13-14-16-18-19(20(21)22)17-15-6-4-2/h19H,3-18H2,1-2H3,(H,21,22). The first-order valence-electron chi connectivity index (χ1n) is 9.95. The number of hydrogen-bond acceptors (Lipinski definition) is 1. The first-order valence-corrected chi connectivity index (χ1v) is 9.95. The molecule has 0 rings (SSSR count). The molecule has 2 heteroatoms. The molecule has 0 fully saturated rings. The molecule has 0 bridgehead atoms. The monoisotopic (exact) mass is 312 g/mol. The summed E-state index contributed by atoms with van der Waals surface area (Å²) >= 11 is 0. The van der Waals surface area contributed by atoms with Gasteiger partial charge in [-0.15, -0.1) is 0 Å². The second-order valence-electron chi connectivity index (χ2n) is 6.86. The van der Waals surface area contributed by atoms with Crippen LogP contribution in [0, 0.1) is 5.92 Å². The van der Waals surface area contributed by atoms with Gasteiger partial charge in [0.2, 0.25) is 0 Å². The van der Waals surface area contributed by atoms with Crippen LogP contribution in [0.3, 0.4) is 0 Å². The van der Waals surface area contributed by atoms with Gasteiger partial charge in [0, 0.05) is 0 Å². The highest BCUT2D eigenvalue weighted by molar-refractivity contribution is 5.69. The van der Waals surface area contributed by atoms with Gasteiger partial charge in [-0.25, -0.2) is 0 Å².